The van der Waals surface area contributed by atoms with E-state index in [1.54, 1.807) is 0 Å². The second-order valence-corrected chi connectivity index (χ2v) is 10.0. The van der Waals surface area contributed by atoms with Crippen LogP contribution < -0.4 is 20.9 Å². The highest BCUT2D eigenvalue weighted by Gasteiger charge is 2.19. The van der Waals surface area contributed by atoms with Crippen molar-refractivity contribution in [2.24, 2.45) is 4.99 Å². The Morgan fingerprint density at radius 3 is 2.61 bits per heavy atom. The first-order valence-electron chi connectivity index (χ1n) is 10.9. The third-order valence-electron chi connectivity index (χ3n) is 5.66. The molecular formula is C24H30ClN5S. The summed E-state index contributed by atoms with van der Waals surface area (Å²) >= 11 is 0. The number of benzene rings is 2. The number of hydrogen-bond donors (Lipinski definition) is 2. The number of fused-ring (bicyclic) bond motifs is 4. The van der Waals surface area contributed by atoms with E-state index in [1.807, 2.05) is 20.0 Å². The molecule has 0 saturated carbocycles. The van der Waals surface area contributed by atoms with Crippen LogP contribution in [-0.2, 0) is 0 Å². The van der Waals surface area contributed by atoms with Crippen LogP contribution in [0, 0.1) is 11.4 Å². The predicted octanol–water partition coefficient (Wildman–Crippen LogP) is 5.41. The van der Waals surface area contributed by atoms with Gasteiger partial charge in [0.15, 0.2) is 0 Å². The molecule has 2 N–H and O–H groups in total. The fraction of sp³-hybridized carbons (Fsp3) is 0.375. The third kappa shape index (κ3) is 4.29. The van der Waals surface area contributed by atoms with Crippen LogP contribution in [0.15, 0.2) is 46.3 Å². The molecule has 1 unspecified atom stereocenters. The lowest BCUT2D eigenvalue weighted by Gasteiger charge is -2.22. The molecule has 0 spiro atoms. The average Bonchev–Trinajstić information content (AvgIpc) is 2.78. The molecule has 31 heavy (non-hydrogen) atoms. The van der Waals surface area contributed by atoms with Gasteiger partial charge in [0.05, 0.1) is 22.2 Å². The first kappa shape index (κ1) is 22.1. The largest absolute Gasteiger partial charge is 0.383 e. The van der Waals surface area contributed by atoms with Gasteiger partial charge >= 0.3 is 0 Å². The molecule has 0 radical (unpaired) electrons. The minimum Gasteiger partial charge on any atom is -0.383 e. The second-order valence-electron chi connectivity index (χ2n) is 7.70. The Bertz CT molecular complexity index is 1240. The molecule has 5 nitrogen and oxygen atoms in total. The molecule has 7 heteroatoms. The smallest absolute Gasteiger partial charge is 0.0958 e. The number of aryl methyl sites for hydroxylation is 1. The van der Waals surface area contributed by atoms with E-state index in [-0.39, 0.29) is 0 Å². The van der Waals surface area contributed by atoms with Gasteiger partial charge < -0.3 is 15.5 Å². The summed E-state index contributed by atoms with van der Waals surface area (Å²) in [6.07, 6.45) is 1.04. The molecule has 0 fully saturated rings. The van der Waals surface area contributed by atoms with E-state index >= 15 is 0 Å². The minimum atomic E-state index is -0.580. The first-order chi connectivity index (χ1) is 15.1. The quantitative estimate of drug-likeness (QED) is 0.352. The van der Waals surface area contributed by atoms with Crippen molar-refractivity contribution in [3.63, 3.8) is 0 Å². The van der Waals surface area contributed by atoms with Crippen molar-refractivity contribution in [1.29, 1.82) is 0 Å². The highest BCUT2D eigenvalue weighted by Crippen LogP contribution is 2.47. The highest BCUT2D eigenvalue weighted by molar-refractivity contribution is 8.29. The number of nitrogens with zero attached hydrogens (tertiary/aromatic N) is 3. The molecule has 0 amide bonds. The molecule has 1 atom stereocenters. The molecule has 2 heterocycles. The Balaban J connectivity index is 1.89. The molecular weight excluding hydrogens is 426 g/mol. The van der Waals surface area contributed by atoms with Crippen LogP contribution in [-0.4, -0.2) is 38.2 Å². The number of nitrogens with one attached hydrogen (secondary N) is 2. The normalized spacial score (nSPS) is 14.7. The van der Waals surface area contributed by atoms with Crippen molar-refractivity contribution in [2.75, 3.05) is 43.4 Å². The zero-order valence-electron chi connectivity index (χ0n) is 18.6. The van der Waals surface area contributed by atoms with Crippen molar-refractivity contribution in [2.45, 2.75) is 32.1 Å². The second kappa shape index (κ2) is 9.55. The summed E-state index contributed by atoms with van der Waals surface area (Å²) in [4.78, 5) is 13.3. The Morgan fingerprint density at radius 1 is 1.06 bits per heavy atom. The predicted molar refractivity (Wildman–Crippen MR) is 135 cm³/mol. The van der Waals surface area contributed by atoms with E-state index in [9.17, 15) is 0 Å². The van der Waals surface area contributed by atoms with E-state index in [2.05, 4.69) is 59.7 Å². The van der Waals surface area contributed by atoms with Crippen molar-refractivity contribution in [3.8, 4) is 0 Å². The number of hydrogen-bond acceptors (Lipinski definition) is 5. The molecule has 1 aromatic heterocycles. The standard InChI is InChI=1S/C24H30ClN5S/c1-5-30(6-2)17-9-11-19-21(14-17)31(25)22-15-20(27-13-7-12-26-4)23-18(24(22)29-19)10-8-16(3)28-23/h8-11,14-15,26-27H,5-7,12-13H2,1-4H3. The Morgan fingerprint density at radius 2 is 1.87 bits per heavy atom. The summed E-state index contributed by atoms with van der Waals surface area (Å²) < 4.78 is 1.10. The maximum Gasteiger partial charge on any atom is 0.0958 e. The Labute approximate surface area is 191 Å². The molecule has 0 bridgehead atoms. The molecule has 1 aliphatic heterocycles. The topological polar surface area (TPSA) is 52.5 Å². The van der Waals surface area contributed by atoms with Gasteiger partial charge in [-0.3, -0.25) is 4.98 Å². The van der Waals surface area contributed by atoms with Gasteiger partial charge in [-0.05, 0) is 87.9 Å². The lowest BCUT2D eigenvalue weighted by molar-refractivity contribution is 0.748. The van der Waals surface area contributed by atoms with E-state index in [1.165, 1.54) is 5.69 Å². The third-order valence-corrected chi connectivity index (χ3v) is 8.07. The first-order valence-corrected chi connectivity index (χ1v) is 13.0. The van der Waals surface area contributed by atoms with Crippen molar-refractivity contribution in [3.05, 3.63) is 52.0 Å². The molecule has 164 valence electrons. The van der Waals surface area contributed by atoms with E-state index in [0.29, 0.717) is 0 Å². The van der Waals surface area contributed by atoms with Gasteiger partial charge in [-0.1, -0.05) is 9.70 Å². The maximum atomic E-state index is 7.12. The van der Waals surface area contributed by atoms with Crippen LogP contribution in [0.2, 0.25) is 0 Å². The van der Waals surface area contributed by atoms with Gasteiger partial charge in [-0.25, -0.2) is 4.99 Å². The molecule has 4 rings (SSSR count). The fourth-order valence-corrected chi connectivity index (χ4v) is 6.02. The summed E-state index contributed by atoms with van der Waals surface area (Å²) in [5, 5.41) is 8.79. The van der Waals surface area contributed by atoms with Crippen LogP contribution in [0.4, 0.5) is 17.1 Å². The van der Waals surface area contributed by atoms with Crippen LogP contribution in [0.1, 0.15) is 26.0 Å². The van der Waals surface area contributed by atoms with Crippen LogP contribution in [0.25, 0.3) is 10.9 Å². The Hall–Kier alpha value is -2.15. The summed E-state index contributed by atoms with van der Waals surface area (Å²) in [6, 6.07) is 12.8. The number of pyridine rings is 1. The van der Waals surface area contributed by atoms with Crippen LogP contribution >= 0.6 is 20.4 Å². The monoisotopic (exact) mass is 455 g/mol. The Kier molecular flexibility index (Phi) is 6.80. The lowest BCUT2D eigenvalue weighted by atomic mass is 10.1. The van der Waals surface area contributed by atoms with Crippen molar-refractivity contribution < 1.29 is 0 Å². The summed E-state index contributed by atoms with van der Waals surface area (Å²) in [5.74, 6) is 0. The zero-order chi connectivity index (χ0) is 22.0. The molecule has 2 aromatic carbocycles. The van der Waals surface area contributed by atoms with Gasteiger partial charge in [-0.2, -0.15) is 0 Å². The van der Waals surface area contributed by atoms with Gasteiger partial charge in [0, 0.05) is 45.8 Å². The molecule has 1 aliphatic rings. The zero-order valence-corrected chi connectivity index (χ0v) is 20.2. The van der Waals surface area contributed by atoms with E-state index in [4.69, 9.17) is 20.7 Å². The van der Waals surface area contributed by atoms with Gasteiger partial charge in [0.1, 0.15) is 0 Å². The summed E-state index contributed by atoms with van der Waals surface area (Å²) in [7, 11) is 8.52. The van der Waals surface area contributed by atoms with Gasteiger partial charge in [-0.15, -0.1) is 0 Å². The average molecular weight is 456 g/mol. The SMILES string of the molecule is CCN(CC)c1ccc2c(c1)=S(Cl)c1cc(NCCCNC)c3nc(C)ccc3c1N=2. The van der Waals surface area contributed by atoms with Crippen molar-refractivity contribution >= 4 is 48.3 Å². The number of rotatable bonds is 8. The fourth-order valence-electron chi connectivity index (χ4n) is 3.99. The molecule has 0 saturated heterocycles. The van der Waals surface area contributed by atoms with Crippen LogP contribution in [0.3, 0.4) is 0 Å². The highest BCUT2D eigenvalue weighted by atomic mass is 35.7. The van der Waals surface area contributed by atoms with Crippen LogP contribution in [0.5, 0.6) is 0 Å². The summed E-state index contributed by atoms with van der Waals surface area (Å²) in [6.45, 7) is 10.2. The molecule has 3 aromatic rings. The minimum absolute atomic E-state index is 0.580. The number of aromatic nitrogens is 1. The lowest BCUT2D eigenvalue weighted by Crippen LogP contribution is -2.22. The number of halogens is 1. The van der Waals surface area contributed by atoms with E-state index in [0.717, 1.165) is 75.3 Å². The van der Waals surface area contributed by atoms with E-state index < -0.39 is 9.70 Å². The van der Waals surface area contributed by atoms with Gasteiger partial charge in [0.25, 0.3) is 0 Å². The summed E-state index contributed by atoms with van der Waals surface area (Å²) in [5.41, 5.74) is 5.14. The number of anilines is 2. The van der Waals surface area contributed by atoms with Crippen molar-refractivity contribution in [1.82, 2.24) is 10.3 Å². The molecule has 0 aliphatic carbocycles. The van der Waals surface area contributed by atoms with Gasteiger partial charge in [0.2, 0.25) is 0 Å². The maximum absolute atomic E-state index is 7.12.